The van der Waals surface area contributed by atoms with Gasteiger partial charge in [0.2, 0.25) is 10.0 Å². The van der Waals surface area contributed by atoms with E-state index in [1.54, 1.807) is 36.4 Å². The molecule has 0 heterocycles. The van der Waals surface area contributed by atoms with E-state index < -0.39 is 22.0 Å². The topological polar surface area (TPSA) is 86.7 Å². The summed E-state index contributed by atoms with van der Waals surface area (Å²) in [4.78, 5) is 11.9. The minimum absolute atomic E-state index is 0.0176. The second-order valence-corrected chi connectivity index (χ2v) is 8.28. The number of rotatable bonds is 6. The first-order valence-electron chi connectivity index (χ1n) is 7.11. The molecule has 0 aliphatic carbocycles. The average Bonchev–Trinajstić information content (AvgIpc) is 2.59. The molecule has 2 rings (SSSR count). The molecule has 0 radical (unpaired) electrons. The maximum absolute atomic E-state index is 13.0. The Bertz CT molecular complexity index is 795. The SMILES string of the molecule is C[C@@H](C(=O)NO)N(Cc1ccccc1)S(=O)(=O)c1ccc(I)cc1. The zero-order valence-electron chi connectivity index (χ0n) is 12.9. The third kappa shape index (κ3) is 4.32. The quantitative estimate of drug-likeness (QED) is 0.394. The highest BCUT2D eigenvalue weighted by molar-refractivity contribution is 14.1. The molecule has 0 fully saturated rings. The number of carbonyl (C=O) groups excluding carboxylic acids is 1. The largest absolute Gasteiger partial charge is 0.289 e. The van der Waals surface area contributed by atoms with Crippen molar-refractivity contribution >= 4 is 38.5 Å². The Morgan fingerprint density at radius 1 is 1.17 bits per heavy atom. The predicted octanol–water partition coefficient (Wildman–Crippen LogP) is 2.38. The summed E-state index contributed by atoms with van der Waals surface area (Å²) in [6.45, 7) is 1.45. The molecule has 0 saturated carbocycles. The molecule has 24 heavy (non-hydrogen) atoms. The number of hydrogen-bond donors (Lipinski definition) is 2. The van der Waals surface area contributed by atoms with Crippen LogP contribution in [-0.2, 0) is 21.4 Å². The molecule has 0 bridgehead atoms. The van der Waals surface area contributed by atoms with Crippen molar-refractivity contribution in [1.29, 1.82) is 0 Å². The van der Waals surface area contributed by atoms with Gasteiger partial charge in [-0.3, -0.25) is 10.0 Å². The number of halogens is 1. The van der Waals surface area contributed by atoms with E-state index in [9.17, 15) is 13.2 Å². The number of hydrogen-bond acceptors (Lipinski definition) is 4. The van der Waals surface area contributed by atoms with Crippen molar-refractivity contribution < 1.29 is 18.4 Å². The minimum atomic E-state index is -3.91. The Balaban J connectivity index is 2.44. The molecule has 0 spiro atoms. The average molecular weight is 460 g/mol. The zero-order chi connectivity index (χ0) is 17.7. The van der Waals surface area contributed by atoms with Gasteiger partial charge in [0.15, 0.2) is 0 Å². The van der Waals surface area contributed by atoms with Crippen LogP contribution < -0.4 is 5.48 Å². The highest BCUT2D eigenvalue weighted by Gasteiger charge is 2.33. The van der Waals surface area contributed by atoms with Crippen LogP contribution in [-0.4, -0.2) is 29.9 Å². The van der Waals surface area contributed by atoms with Gasteiger partial charge >= 0.3 is 0 Å². The number of nitrogens with zero attached hydrogens (tertiary/aromatic N) is 1. The van der Waals surface area contributed by atoms with Crippen molar-refractivity contribution in [3.63, 3.8) is 0 Å². The van der Waals surface area contributed by atoms with Crippen molar-refractivity contribution in [2.24, 2.45) is 0 Å². The van der Waals surface area contributed by atoms with E-state index >= 15 is 0 Å². The van der Waals surface area contributed by atoms with Crippen LogP contribution in [0.4, 0.5) is 0 Å². The lowest BCUT2D eigenvalue weighted by Gasteiger charge is -2.27. The van der Waals surface area contributed by atoms with Crippen LogP contribution in [0.5, 0.6) is 0 Å². The Hall–Kier alpha value is -1.49. The summed E-state index contributed by atoms with van der Waals surface area (Å²) < 4.78 is 27.9. The van der Waals surface area contributed by atoms with Crippen molar-refractivity contribution in [2.75, 3.05) is 0 Å². The summed E-state index contributed by atoms with van der Waals surface area (Å²) in [6, 6.07) is 14.3. The Labute approximate surface area is 154 Å². The molecule has 2 aromatic rings. The Kier molecular flexibility index (Phi) is 6.33. The molecule has 128 valence electrons. The molecular weight excluding hydrogens is 443 g/mol. The van der Waals surface area contributed by atoms with Gasteiger partial charge in [-0.05, 0) is 59.3 Å². The molecule has 0 aliphatic heterocycles. The molecule has 2 N–H and O–H groups in total. The number of nitrogens with one attached hydrogen (secondary N) is 1. The molecule has 0 aromatic heterocycles. The van der Waals surface area contributed by atoms with E-state index in [0.29, 0.717) is 0 Å². The van der Waals surface area contributed by atoms with Gasteiger partial charge in [-0.15, -0.1) is 0 Å². The molecule has 0 saturated heterocycles. The number of benzene rings is 2. The van der Waals surface area contributed by atoms with Gasteiger partial charge in [0.1, 0.15) is 6.04 Å². The van der Waals surface area contributed by atoms with Gasteiger partial charge in [0.25, 0.3) is 5.91 Å². The molecule has 2 aromatic carbocycles. The molecule has 1 amide bonds. The summed E-state index contributed by atoms with van der Waals surface area (Å²) in [7, 11) is -3.91. The molecular formula is C16H17IN2O4S. The van der Waals surface area contributed by atoms with Crippen molar-refractivity contribution in [1.82, 2.24) is 9.79 Å². The molecule has 8 heteroatoms. The lowest BCUT2D eigenvalue weighted by atomic mass is 10.2. The monoisotopic (exact) mass is 460 g/mol. The first-order chi connectivity index (χ1) is 11.4. The van der Waals surface area contributed by atoms with Crippen LogP contribution in [0.3, 0.4) is 0 Å². The fraction of sp³-hybridized carbons (Fsp3) is 0.188. The molecule has 0 aliphatic rings. The van der Waals surface area contributed by atoms with Crippen LogP contribution in [0, 0.1) is 3.57 Å². The van der Waals surface area contributed by atoms with Crippen molar-refractivity contribution in [2.45, 2.75) is 24.4 Å². The van der Waals surface area contributed by atoms with Crippen LogP contribution in [0.25, 0.3) is 0 Å². The molecule has 6 nitrogen and oxygen atoms in total. The van der Waals surface area contributed by atoms with Gasteiger partial charge < -0.3 is 0 Å². The second-order valence-electron chi connectivity index (χ2n) is 5.14. The standard InChI is InChI=1S/C16H17IN2O4S/c1-12(16(20)18-21)19(11-13-5-3-2-4-6-13)24(22,23)15-9-7-14(17)8-10-15/h2-10,12,21H,11H2,1H3,(H,18,20)/t12-/m0/s1. The molecule has 0 unspecified atom stereocenters. The van der Waals surface area contributed by atoms with Crippen molar-refractivity contribution in [3.8, 4) is 0 Å². The van der Waals surface area contributed by atoms with Crippen LogP contribution in [0.2, 0.25) is 0 Å². The second kappa shape index (κ2) is 8.06. The minimum Gasteiger partial charge on any atom is -0.289 e. The van der Waals surface area contributed by atoms with Crippen LogP contribution >= 0.6 is 22.6 Å². The van der Waals surface area contributed by atoms with E-state index in [-0.39, 0.29) is 11.4 Å². The maximum atomic E-state index is 13.0. The van der Waals surface area contributed by atoms with E-state index in [2.05, 4.69) is 22.6 Å². The highest BCUT2D eigenvalue weighted by atomic mass is 127. The van der Waals surface area contributed by atoms with E-state index in [0.717, 1.165) is 13.4 Å². The zero-order valence-corrected chi connectivity index (χ0v) is 15.9. The maximum Gasteiger partial charge on any atom is 0.261 e. The Morgan fingerprint density at radius 2 is 1.75 bits per heavy atom. The van der Waals surface area contributed by atoms with Gasteiger partial charge in [0.05, 0.1) is 4.90 Å². The highest BCUT2D eigenvalue weighted by Crippen LogP contribution is 2.22. The molecule has 1 atom stereocenters. The van der Waals surface area contributed by atoms with E-state index in [1.165, 1.54) is 24.5 Å². The fourth-order valence-corrected chi connectivity index (χ4v) is 4.10. The summed E-state index contributed by atoms with van der Waals surface area (Å²) >= 11 is 2.09. The number of hydroxylamine groups is 1. The third-order valence-corrected chi connectivity index (χ3v) is 6.17. The smallest absolute Gasteiger partial charge is 0.261 e. The Morgan fingerprint density at radius 3 is 2.29 bits per heavy atom. The third-order valence-electron chi connectivity index (χ3n) is 3.52. The number of sulfonamides is 1. The summed E-state index contributed by atoms with van der Waals surface area (Å²) in [5.41, 5.74) is 2.26. The van der Waals surface area contributed by atoms with Gasteiger partial charge in [0, 0.05) is 10.1 Å². The van der Waals surface area contributed by atoms with Gasteiger partial charge in [-0.1, -0.05) is 30.3 Å². The lowest BCUT2D eigenvalue weighted by Crippen LogP contribution is -2.46. The summed E-state index contributed by atoms with van der Waals surface area (Å²) in [6.07, 6.45) is 0. The van der Waals surface area contributed by atoms with E-state index in [1.807, 2.05) is 6.07 Å². The van der Waals surface area contributed by atoms with Crippen molar-refractivity contribution in [3.05, 3.63) is 63.7 Å². The fourth-order valence-electron chi connectivity index (χ4n) is 2.16. The lowest BCUT2D eigenvalue weighted by molar-refractivity contribution is -0.132. The first-order valence-corrected chi connectivity index (χ1v) is 9.63. The number of amides is 1. The predicted molar refractivity (Wildman–Crippen MR) is 97.7 cm³/mol. The normalized spacial score (nSPS) is 12.8. The van der Waals surface area contributed by atoms with Gasteiger partial charge in [-0.2, -0.15) is 4.31 Å². The van der Waals surface area contributed by atoms with Crippen LogP contribution in [0.1, 0.15) is 12.5 Å². The summed E-state index contributed by atoms with van der Waals surface area (Å²) in [5.74, 6) is -0.792. The van der Waals surface area contributed by atoms with Crippen LogP contribution in [0.15, 0.2) is 59.5 Å². The van der Waals surface area contributed by atoms with E-state index in [4.69, 9.17) is 5.21 Å². The van der Waals surface area contributed by atoms with Gasteiger partial charge in [-0.25, -0.2) is 13.9 Å². The number of carbonyl (C=O) groups is 1. The summed E-state index contributed by atoms with van der Waals surface area (Å²) in [5, 5.41) is 8.87. The first kappa shape index (κ1) is 18.8.